The molecule has 0 heterocycles. The van der Waals surface area contributed by atoms with Crippen LogP contribution in [0.5, 0.6) is 0 Å². The zero-order valence-corrected chi connectivity index (χ0v) is 39.7. The van der Waals surface area contributed by atoms with Gasteiger partial charge in [0.25, 0.3) is 0 Å². The summed E-state index contributed by atoms with van der Waals surface area (Å²) in [6.07, 6.45) is 68.9. The van der Waals surface area contributed by atoms with E-state index in [0.717, 1.165) is 71.8 Å². The van der Waals surface area contributed by atoms with Crippen molar-refractivity contribution in [2.75, 3.05) is 0 Å². The Morgan fingerprint density at radius 1 is 0.217 bits per heavy atom. The topological polar surface area (TPSA) is 6.48 Å². The van der Waals surface area contributed by atoms with Gasteiger partial charge in [0.1, 0.15) is 0 Å². The monoisotopic (exact) mass is 823 g/mol. The summed E-state index contributed by atoms with van der Waals surface area (Å²) in [6, 6.07) is 5.26. The van der Waals surface area contributed by atoms with Gasteiger partial charge in [0, 0.05) is 36.3 Å². The van der Waals surface area contributed by atoms with Crippen molar-refractivity contribution in [3.63, 3.8) is 0 Å². The Kier molecular flexibility index (Phi) is 17.1. The molecule has 2 heteroatoms. The predicted octanol–water partition coefficient (Wildman–Crippen LogP) is 16.9. The highest BCUT2D eigenvalue weighted by Crippen LogP contribution is 2.46. The second-order valence-electron chi connectivity index (χ2n) is 23.8. The number of rotatable bonds is 12. The molecule has 0 aromatic heterocycles. The van der Waals surface area contributed by atoms with Crippen LogP contribution in [0.3, 0.4) is 0 Å². The van der Waals surface area contributed by atoms with Crippen molar-refractivity contribution in [1.82, 2.24) is 9.80 Å². The maximum atomic E-state index is 3.30. The molecule has 2 nitrogen and oxygen atoms in total. The molecule has 340 valence electrons. The molecular formula is C58H98N2. The minimum Gasteiger partial charge on any atom is -0.294 e. The number of allylic oxidation sites excluding steroid dienone is 4. The Morgan fingerprint density at radius 3 is 0.667 bits per heavy atom. The molecule has 0 saturated heterocycles. The van der Waals surface area contributed by atoms with E-state index in [-0.39, 0.29) is 0 Å². The number of hydrogen-bond donors (Lipinski definition) is 0. The van der Waals surface area contributed by atoms with Crippen molar-refractivity contribution in [3.05, 3.63) is 23.3 Å². The summed E-state index contributed by atoms with van der Waals surface area (Å²) in [6.45, 7) is 0. The van der Waals surface area contributed by atoms with Crippen molar-refractivity contribution < 1.29 is 0 Å². The molecule has 9 aliphatic carbocycles. The van der Waals surface area contributed by atoms with Gasteiger partial charge >= 0.3 is 0 Å². The smallest absolute Gasteiger partial charge is 0.0102 e. The van der Waals surface area contributed by atoms with Crippen LogP contribution in [0.25, 0.3) is 0 Å². The molecule has 9 rings (SSSR count). The number of hydrogen-bond acceptors (Lipinski definition) is 2. The normalized spacial score (nSPS) is 34.8. The maximum absolute atomic E-state index is 3.30. The first kappa shape index (κ1) is 44.6. The molecule has 0 aromatic rings. The van der Waals surface area contributed by atoms with E-state index in [4.69, 9.17) is 0 Å². The molecule has 0 N–H and O–H groups in total. The van der Waals surface area contributed by atoms with Crippen LogP contribution in [0.15, 0.2) is 23.3 Å². The van der Waals surface area contributed by atoms with Gasteiger partial charge in [0.05, 0.1) is 0 Å². The lowest BCUT2D eigenvalue weighted by Crippen LogP contribution is -2.56. The summed E-state index contributed by atoms with van der Waals surface area (Å²) in [7, 11) is 0. The highest BCUT2D eigenvalue weighted by molar-refractivity contribution is 5.16. The van der Waals surface area contributed by atoms with Crippen molar-refractivity contribution >= 4 is 0 Å². The Bertz CT molecular complexity index is 1130. The minimum absolute atomic E-state index is 0.869. The molecule has 0 spiro atoms. The lowest BCUT2D eigenvalue weighted by atomic mass is 9.71. The molecular weight excluding hydrogens is 725 g/mol. The van der Waals surface area contributed by atoms with E-state index < -0.39 is 0 Å². The molecule has 0 bridgehead atoms. The van der Waals surface area contributed by atoms with Crippen LogP contribution in [0.1, 0.15) is 270 Å². The highest BCUT2D eigenvalue weighted by Gasteiger charge is 2.42. The maximum Gasteiger partial charge on any atom is 0.0102 e. The van der Waals surface area contributed by atoms with Crippen LogP contribution in [0.4, 0.5) is 0 Å². The van der Waals surface area contributed by atoms with Crippen LogP contribution in [0, 0.1) is 35.5 Å². The first-order valence-electron chi connectivity index (χ1n) is 28.7. The Balaban J connectivity index is 0.841. The first-order valence-corrected chi connectivity index (χ1v) is 28.7. The molecule has 9 aliphatic rings. The Hall–Kier alpha value is -0.600. The fraction of sp³-hybridized carbons (Fsp3) is 0.931. The van der Waals surface area contributed by atoms with Gasteiger partial charge in [0.15, 0.2) is 0 Å². The van der Waals surface area contributed by atoms with E-state index in [0.29, 0.717) is 0 Å². The third kappa shape index (κ3) is 11.6. The molecule has 0 aliphatic heterocycles. The first-order chi connectivity index (χ1) is 29.8. The Labute approximate surface area is 373 Å². The molecule has 9 saturated carbocycles. The summed E-state index contributed by atoms with van der Waals surface area (Å²) >= 11 is 0. The van der Waals surface area contributed by atoms with E-state index in [9.17, 15) is 0 Å². The molecule has 0 atom stereocenters. The fourth-order valence-corrected chi connectivity index (χ4v) is 16.8. The zero-order chi connectivity index (χ0) is 40.4. The second kappa shape index (κ2) is 23.0. The summed E-state index contributed by atoms with van der Waals surface area (Å²) in [5.41, 5.74) is 3.99. The summed E-state index contributed by atoms with van der Waals surface area (Å²) in [5, 5.41) is 0. The van der Waals surface area contributed by atoms with Gasteiger partial charge in [-0.3, -0.25) is 9.80 Å². The van der Waals surface area contributed by atoms with Gasteiger partial charge in [-0.2, -0.15) is 0 Å². The van der Waals surface area contributed by atoms with Crippen LogP contribution in [-0.4, -0.2) is 46.1 Å². The van der Waals surface area contributed by atoms with Crippen molar-refractivity contribution in [1.29, 1.82) is 0 Å². The van der Waals surface area contributed by atoms with Crippen molar-refractivity contribution in [3.8, 4) is 0 Å². The van der Waals surface area contributed by atoms with Crippen LogP contribution < -0.4 is 0 Å². The van der Waals surface area contributed by atoms with Gasteiger partial charge in [-0.1, -0.05) is 139 Å². The standard InChI is InChI=1S/C58H98N2/c1-7-19-47(20-8-1)57(48-21-9-2-10-22-48)43-45-31-35-53(36-32-45)59(51-27-15-5-16-28-51)55-39-41-56(42-40-55)60(52-29-17-6-18-30-52)54-37-33-46(34-38-54)44-58(49-23-11-3-12-24-49)50-25-13-4-14-26-50/h43-56H,1-42H2. The average Bonchev–Trinajstić information content (AvgIpc) is 3.33. The molecule has 60 heavy (non-hydrogen) atoms. The third-order valence-electron chi connectivity index (χ3n) is 20.0. The molecule has 0 radical (unpaired) electrons. The van der Waals surface area contributed by atoms with E-state index in [2.05, 4.69) is 22.0 Å². The van der Waals surface area contributed by atoms with Gasteiger partial charge in [-0.25, -0.2) is 0 Å². The van der Waals surface area contributed by atoms with Gasteiger partial charge in [-0.05, 0) is 190 Å². The SMILES string of the molecule is C(=C(C1CCCCC1)C1CCCCC1)C1CCC(N(C2CCCCC2)C2CCC(N(C3CCCCC3)C3CCC(C=C(C4CCCCC4)C4CCCCC4)CC3)CC2)CC1. The quantitative estimate of drug-likeness (QED) is 0.181. The van der Waals surface area contributed by atoms with E-state index in [1.807, 2.05) is 11.1 Å². The predicted molar refractivity (Wildman–Crippen MR) is 257 cm³/mol. The minimum atomic E-state index is 0.869. The molecule has 0 unspecified atom stereocenters. The van der Waals surface area contributed by atoms with Crippen molar-refractivity contribution in [2.45, 2.75) is 306 Å². The van der Waals surface area contributed by atoms with E-state index in [1.165, 1.54) is 270 Å². The highest BCUT2D eigenvalue weighted by atomic mass is 15.2. The van der Waals surface area contributed by atoms with E-state index >= 15 is 0 Å². The van der Waals surface area contributed by atoms with Crippen LogP contribution >= 0.6 is 0 Å². The summed E-state index contributed by atoms with van der Waals surface area (Å²) in [4.78, 5) is 6.61. The van der Waals surface area contributed by atoms with Crippen molar-refractivity contribution in [2.24, 2.45) is 35.5 Å². The summed E-state index contributed by atoms with van der Waals surface area (Å²) < 4.78 is 0. The Morgan fingerprint density at radius 2 is 0.417 bits per heavy atom. The largest absolute Gasteiger partial charge is 0.294 e. The van der Waals surface area contributed by atoms with Crippen LogP contribution in [-0.2, 0) is 0 Å². The fourth-order valence-electron chi connectivity index (χ4n) is 16.8. The lowest BCUT2D eigenvalue weighted by Gasteiger charge is -2.52. The molecule has 9 fully saturated rings. The third-order valence-corrected chi connectivity index (χ3v) is 20.0. The van der Waals surface area contributed by atoms with Gasteiger partial charge in [-0.15, -0.1) is 0 Å². The lowest BCUT2D eigenvalue weighted by molar-refractivity contribution is -0.0207. The van der Waals surface area contributed by atoms with Gasteiger partial charge < -0.3 is 0 Å². The second-order valence-corrected chi connectivity index (χ2v) is 23.8. The molecule has 0 amide bonds. The number of nitrogens with zero attached hydrogens (tertiary/aromatic N) is 2. The van der Waals surface area contributed by atoms with Crippen LogP contribution in [0.2, 0.25) is 0 Å². The average molecular weight is 823 g/mol. The molecule has 0 aromatic carbocycles. The zero-order valence-electron chi connectivity index (χ0n) is 39.7. The summed E-state index contributed by atoms with van der Waals surface area (Å²) in [5.74, 6) is 5.53. The van der Waals surface area contributed by atoms with Gasteiger partial charge in [0.2, 0.25) is 0 Å². The van der Waals surface area contributed by atoms with E-state index in [1.54, 1.807) is 0 Å².